The van der Waals surface area contributed by atoms with Gasteiger partial charge in [0, 0.05) is 18.5 Å². The summed E-state index contributed by atoms with van der Waals surface area (Å²) in [7, 11) is -1.14. The maximum atomic E-state index is 12.7. The number of nitrogens with one attached hydrogen (secondary N) is 1. The van der Waals surface area contributed by atoms with E-state index in [0.717, 1.165) is 12.8 Å². The Balaban J connectivity index is 1.77. The molecule has 0 saturated carbocycles. The van der Waals surface area contributed by atoms with Gasteiger partial charge in [-0.25, -0.2) is 13.7 Å². The van der Waals surface area contributed by atoms with Crippen LogP contribution in [-0.2, 0) is 21.1 Å². The highest BCUT2D eigenvalue weighted by molar-refractivity contribution is 7.84. The molecule has 1 aromatic carbocycles. The summed E-state index contributed by atoms with van der Waals surface area (Å²) in [6.45, 7) is 12.9. The van der Waals surface area contributed by atoms with Gasteiger partial charge in [0.2, 0.25) is 0 Å². The van der Waals surface area contributed by atoms with E-state index in [1.54, 1.807) is 4.90 Å². The Morgan fingerprint density at radius 2 is 1.74 bits per heavy atom. The number of hydrogen-bond donors (Lipinski definition) is 1. The standard InChI is InChI=1S/C21H32N2O3S/c1-19(2,3)26-18(24)23-13-11-21(12-14-23)16-10-8-7-9-15(16)17(21)22-27(25)20(4,5)6/h7-10,17,22H,11-14H2,1-6H3/t17-,27-/m0/s1. The average Bonchev–Trinajstić information content (AvgIpc) is 2.57. The number of amides is 1. The molecule has 1 aliphatic heterocycles. The van der Waals surface area contributed by atoms with Crippen LogP contribution in [0.3, 0.4) is 0 Å². The number of piperidine rings is 1. The number of hydrogen-bond acceptors (Lipinski definition) is 3. The molecule has 1 saturated heterocycles. The minimum atomic E-state index is -1.14. The Labute approximate surface area is 165 Å². The van der Waals surface area contributed by atoms with Gasteiger partial charge in [-0.1, -0.05) is 24.3 Å². The van der Waals surface area contributed by atoms with E-state index in [2.05, 4.69) is 22.9 Å². The van der Waals surface area contributed by atoms with E-state index in [1.807, 2.05) is 47.6 Å². The predicted molar refractivity (Wildman–Crippen MR) is 109 cm³/mol. The van der Waals surface area contributed by atoms with E-state index in [1.165, 1.54) is 11.1 Å². The molecule has 1 amide bonds. The van der Waals surface area contributed by atoms with Crippen LogP contribution < -0.4 is 4.72 Å². The van der Waals surface area contributed by atoms with E-state index in [0.29, 0.717) is 13.1 Å². The summed E-state index contributed by atoms with van der Waals surface area (Å²) in [6, 6.07) is 8.47. The Morgan fingerprint density at radius 3 is 2.30 bits per heavy atom. The number of carbonyl (C=O) groups excluding carboxylic acids is 1. The summed E-state index contributed by atoms with van der Waals surface area (Å²) < 4.78 is 21.3. The van der Waals surface area contributed by atoms with Crippen molar-refractivity contribution in [2.45, 2.75) is 76.2 Å². The molecule has 27 heavy (non-hydrogen) atoms. The molecule has 0 unspecified atom stereocenters. The number of rotatable bonds is 2. The third-order valence-corrected chi connectivity index (χ3v) is 7.01. The maximum Gasteiger partial charge on any atom is 0.410 e. The summed E-state index contributed by atoms with van der Waals surface area (Å²) in [5, 5.41) is 0. The van der Waals surface area contributed by atoms with E-state index >= 15 is 0 Å². The topological polar surface area (TPSA) is 58.6 Å². The van der Waals surface area contributed by atoms with Crippen molar-refractivity contribution in [3.8, 4) is 0 Å². The fourth-order valence-electron chi connectivity index (χ4n) is 4.01. The minimum Gasteiger partial charge on any atom is -0.444 e. The lowest BCUT2D eigenvalue weighted by molar-refractivity contribution is 0.0122. The molecule has 3 rings (SSSR count). The maximum absolute atomic E-state index is 12.7. The molecule has 0 aromatic heterocycles. The third kappa shape index (κ3) is 3.92. The predicted octanol–water partition coefficient (Wildman–Crippen LogP) is 4.06. The van der Waals surface area contributed by atoms with Gasteiger partial charge in [0.25, 0.3) is 0 Å². The van der Waals surface area contributed by atoms with Gasteiger partial charge in [-0.2, -0.15) is 0 Å². The molecule has 1 aromatic rings. The van der Waals surface area contributed by atoms with Crippen molar-refractivity contribution in [1.29, 1.82) is 0 Å². The molecule has 1 spiro atoms. The van der Waals surface area contributed by atoms with Crippen LogP contribution in [0.1, 0.15) is 71.6 Å². The van der Waals surface area contributed by atoms with Crippen molar-refractivity contribution in [2.24, 2.45) is 0 Å². The van der Waals surface area contributed by atoms with Crippen molar-refractivity contribution in [3.63, 3.8) is 0 Å². The largest absolute Gasteiger partial charge is 0.444 e. The smallest absolute Gasteiger partial charge is 0.410 e. The van der Waals surface area contributed by atoms with E-state index in [9.17, 15) is 9.00 Å². The summed E-state index contributed by atoms with van der Waals surface area (Å²) in [5.74, 6) is 0. The Hall–Kier alpha value is -1.40. The fraction of sp³-hybridized carbons (Fsp3) is 0.667. The van der Waals surface area contributed by atoms with Crippen LogP contribution in [0.15, 0.2) is 24.3 Å². The first-order chi connectivity index (χ1) is 12.4. The van der Waals surface area contributed by atoms with Gasteiger partial charge in [-0.3, -0.25) is 0 Å². The van der Waals surface area contributed by atoms with Gasteiger partial charge in [-0.15, -0.1) is 0 Å². The molecule has 0 radical (unpaired) electrons. The van der Waals surface area contributed by atoms with Crippen LogP contribution in [0.2, 0.25) is 0 Å². The van der Waals surface area contributed by atoms with E-state index in [-0.39, 0.29) is 22.3 Å². The molecule has 2 aliphatic rings. The molecule has 150 valence electrons. The molecule has 2 atom stereocenters. The number of likely N-dealkylation sites (tertiary alicyclic amines) is 1. The van der Waals surface area contributed by atoms with Gasteiger partial charge in [0.1, 0.15) is 5.60 Å². The van der Waals surface area contributed by atoms with Crippen molar-refractivity contribution >= 4 is 17.1 Å². The van der Waals surface area contributed by atoms with Crippen molar-refractivity contribution in [2.75, 3.05) is 13.1 Å². The van der Waals surface area contributed by atoms with E-state index in [4.69, 9.17) is 4.74 Å². The molecular formula is C21H32N2O3S. The molecule has 1 fully saturated rings. The minimum absolute atomic E-state index is 0.0595. The Morgan fingerprint density at radius 1 is 1.15 bits per heavy atom. The number of nitrogens with zero attached hydrogens (tertiary/aromatic N) is 1. The Bertz CT molecular complexity index is 741. The molecule has 1 N–H and O–H groups in total. The second kappa shape index (κ2) is 6.89. The van der Waals surface area contributed by atoms with Gasteiger partial charge in [0.05, 0.1) is 21.8 Å². The van der Waals surface area contributed by atoms with Crippen LogP contribution in [0, 0.1) is 0 Å². The monoisotopic (exact) mass is 392 g/mol. The van der Waals surface area contributed by atoms with Gasteiger partial charge in [0.15, 0.2) is 0 Å². The zero-order valence-electron chi connectivity index (χ0n) is 17.3. The number of fused-ring (bicyclic) bond motifs is 2. The van der Waals surface area contributed by atoms with Crippen LogP contribution in [0.4, 0.5) is 4.79 Å². The first-order valence-corrected chi connectivity index (χ1v) is 10.8. The molecule has 6 heteroatoms. The Kier molecular flexibility index (Phi) is 5.19. The second-order valence-electron chi connectivity index (χ2n) is 9.64. The molecule has 1 heterocycles. The van der Waals surface area contributed by atoms with Gasteiger partial charge in [-0.05, 0) is 65.5 Å². The van der Waals surface area contributed by atoms with E-state index < -0.39 is 16.6 Å². The molecule has 1 aliphatic carbocycles. The first-order valence-electron chi connectivity index (χ1n) is 9.69. The van der Waals surface area contributed by atoms with Crippen molar-refractivity contribution in [3.05, 3.63) is 35.4 Å². The number of ether oxygens (including phenoxy) is 1. The lowest BCUT2D eigenvalue weighted by atomic mass is 9.56. The van der Waals surface area contributed by atoms with Crippen LogP contribution in [0.5, 0.6) is 0 Å². The van der Waals surface area contributed by atoms with Crippen molar-refractivity contribution < 1.29 is 13.7 Å². The quantitative estimate of drug-likeness (QED) is 0.826. The van der Waals surface area contributed by atoms with Crippen LogP contribution in [-0.4, -0.2) is 38.6 Å². The zero-order chi connectivity index (χ0) is 20.0. The van der Waals surface area contributed by atoms with Gasteiger partial charge < -0.3 is 9.64 Å². The summed E-state index contributed by atoms with van der Waals surface area (Å²) >= 11 is 0. The summed E-state index contributed by atoms with van der Waals surface area (Å²) in [4.78, 5) is 14.2. The SMILES string of the molecule is CC(C)(C)OC(=O)N1CCC2(CC1)c1ccccc1[C@@H]2N[S@@](=O)C(C)(C)C. The highest BCUT2D eigenvalue weighted by Gasteiger charge is 2.54. The van der Waals surface area contributed by atoms with Crippen LogP contribution >= 0.6 is 0 Å². The summed E-state index contributed by atoms with van der Waals surface area (Å²) in [6.07, 6.45) is 1.46. The molecule has 0 bridgehead atoms. The van der Waals surface area contributed by atoms with Crippen molar-refractivity contribution in [1.82, 2.24) is 9.62 Å². The molecule has 5 nitrogen and oxygen atoms in total. The second-order valence-corrected chi connectivity index (χ2v) is 11.6. The van der Waals surface area contributed by atoms with Crippen LogP contribution in [0.25, 0.3) is 0 Å². The highest BCUT2D eigenvalue weighted by atomic mass is 32.2. The summed E-state index contributed by atoms with van der Waals surface area (Å²) in [5.41, 5.74) is 2.02. The lowest BCUT2D eigenvalue weighted by Gasteiger charge is -2.55. The average molecular weight is 393 g/mol. The highest BCUT2D eigenvalue weighted by Crippen LogP contribution is 2.56. The zero-order valence-corrected chi connectivity index (χ0v) is 18.1. The first kappa shape index (κ1) is 20.3. The number of carbonyl (C=O) groups is 1. The fourth-order valence-corrected chi connectivity index (χ4v) is 4.93. The van der Waals surface area contributed by atoms with Gasteiger partial charge >= 0.3 is 6.09 Å². The lowest BCUT2D eigenvalue weighted by Crippen LogP contribution is -2.58. The number of benzene rings is 1. The molecular weight excluding hydrogens is 360 g/mol. The normalized spacial score (nSPS) is 22.7. The third-order valence-electron chi connectivity index (χ3n) is 5.45.